The zero-order valence-corrected chi connectivity index (χ0v) is 30.0. The van der Waals surface area contributed by atoms with Crippen LogP contribution in [0.1, 0.15) is 21.7 Å². The normalized spacial score (nSPS) is 11.9. The van der Waals surface area contributed by atoms with Gasteiger partial charge in [-0.3, -0.25) is 23.9 Å². The third kappa shape index (κ3) is 7.97. The smallest absolute Gasteiger partial charge is 0.337 e. The number of rotatable bonds is 12. The maximum atomic E-state index is 15.3. The number of fused-ring (bicyclic) bond motifs is 1. The number of amides is 1. The second-order valence-corrected chi connectivity index (χ2v) is 13.6. The maximum absolute atomic E-state index is 15.3. The Morgan fingerprint density at radius 3 is 2.27 bits per heavy atom. The number of carbonyl (C=O) groups is 2. The number of benzene rings is 2. The van der Waals surface area contributed by atoms with Gasteiger partial charge in [0.2, 0.25) is 0 Å². The highest BCUT2D eigenvalue weighted by molar-refractivity contribution is 7.92. The van der Waals surface area contributed by atoms with Crippen molar-refractivity contribution in [3.63, 3.8) is 0 Å². The van der Waals surface area contributed by atoms with Crippen LogP contribution in [0.25, 0.3) is 27.8 Å². The number of methoxy groups -OCH3 is 2. The first-order chi connectivity index (χ1) is 26.3. The molecular formula is C36H30F2N8O8S. The Morgan fingerprint density at radius 1 is 0.891 bits per heavy atom. The number of hydrogen-bond acceptors (Lipinski definition) is 12. The molecule has 1 atom stereocenters. The van der Waals surface area contributed by atoms with Gasteiger partial charge < -0.3 is 14.8 Å². The topological polar surface area (TPSA) is 206 Å². The van der Waals surface area contributed by atoms with Crippen LogP contribution in [0.5, 0.6) is 0 Å². The average molecular weight is 773 g/mol. The lowest BCUT2D eigenvalue weighted by Crippen LogP contribution is -2.43. The van der Waals surface area contributed by atoms with Crippen molar-refractivity contribution < 1.29 is 36.3 Å². The molecule has 2 aromatic carbocycles. The minimum absolute atomic E-state index is 0.0173. The highest BCUT2D eigenvalue weighted by Gasteiger charge is 2.26. The van der Waals surface area contributed by atoms with Crippen LogP contribution in [-0.4, -0.2) is 69.6 Å². The predicted molar refractivity (Wildman–Crippen MR) is 193 cm³/mol. The van der Waals surface area contributed by atoms with Crippen molar-refractivity contribution in [2.45, 2.75) is 24.0 Å². The van der Waals surface area contributed by atoms with E-state index >= 15 is 8.78 Å². The lowest BCUT2D eigenvalue weighted by molar-refractivity contribution is -0.142. The molecule has 0 aliphatic carbocycles. The van der Waals surface area contributed by atoms with Gasteiger partial charge in [-0.2, -0.15) is 0 Å². The SMILES string of the molecule is COCc1ncc(-c2ccc(S(=O)(=O)Nc3cc(F)c(C(=O)N[C@@H](Cc4ccc(-n5c(=O)c6ccncc6n(C)c5=O)nc4)C(=O)OC)cc3F)cc2)cn1. The Kier molecular flexibility index (Phi) is 10.9. The molecule has 4 heterocycles. The molecular weight excluding hydrogens is 743 g/mol. The number of aryl methyl sites for hydroxylation is 1. The van der Waals surface area contributed by atoms with E-state index in [2.05, 4.69) is 25.3 Å². The maximum Gasteiger partial charge on any atom is 0.337 e. The molecule has 2 N–H and O–H groups in total. The highest BCUT2D eigenvalue weighted by Crippen LogP contribution is 2.25. The molecule has 4 aromatic heterocycles. The molecule has 0 aliphatic heterocycles. The van der Waals surface area contributed by atoms with E-state index < -0.39 is 62.1 Å². The van der Waals surface area contributed by atoms with Crippen molar-refractivity contribution in [3.05, 3.63) is 135 Å². The Labute approximate surface area is 310 Å². The summed E-state index contributed by atoms with van der Waals surface area (Å²) in [6.45, 7) is 0.219. The van der Waals surface area contributed by atoms with E-state index in [1.807, 2.05) is 4.72 Å². The number of aromatic nitrogens is 6. The summed E-state index contributed by atoms with van der Waals surface area (Å²) < 4.78 is 70.5. The third-order valence-electron chi connectivity index (χ3n) is 8.36. The molecule has 282 valence electrons. The summed E-state index contributed by atoms with van der Waals surface area (Å²) in [5, 5.41) is 2.53. The lowest BCUT2D eigenvalue weighted by atomic mass is 10.1. The molecule has 0 saturated carbocycles. The molecule has 19 heteroatoms. The van der Waals surface area contributed by atoms with Gasteiger partial charge in [0.1, 0.15) is 30.1 Å². The second kappa shape index (κ2) is 15.7. The van der Waals surface area contributed by atoms with E-state index in [-0.39, 0.29) is 29.1 Å². The van der Waals surface area contributed by atoms with Gasteiger partial charge in [-0.05, 0) is 41.5 Å². The largest absolute Gasteiger partial charge is 0.467 e. The molecule has 0 bridgehead atoms. The Balaban J connectivity index is 1.16. The van der Waals surface area contributed by atoms with E-state index in [1.54, 1.807) is 12.4 Å². The van der Waals surface area contributed by atoms with Crippen molar-refractivity contribution >= 4 is 38.5 Å². The van der Waals surface area contributed by atoms with Gasteiger partial charge in [-0.1, -0.05) is 18.2 Å². The summed E-state index contributed by atoms with van der Waals surface area (Å²) >= 11 is 0. The van der Waals surface area contributed by atoms with Crippen molar-refractivity contribution in [1.29, 1.82) is 0 Å². The summed E-state index contributed by atoms with van der Waals surface area (Å²) in [6, 6.07) is 9.34. The minimum Gasteiger partial charge on any atom is -0.467 e. The van der Waals surface area contributed by atoms with Crippen molar-refractivity contribution in [2.75, 3.05) is 18.9 Å². The van der Waals surface area contributed by atoms with Gasteiger partial charge >= 0.3 is 11.7 Å². The van der Waals surface area contributed by atoms with Crippen molar-refractivity contribution in [2.24, 2.45) is 7.05 Å². The van der Waals surface area contributed by atoms with Crippen molar-refractivity contribution in [1.82, 2.24) is 34.4 Å². The number of hydrogen-bond donors (Lipinski definition) is 2. The average Bonchev–Trinajstić information content (AvgIpc) is 3.18. The van der Waals surface area contributed by atoms with E-state index in [1.165, 1.54) is 79.8 Å². The summed E-state index contributed by atoms with van der Waals surface area (Å²) in [4.78, 5) is 68.1. The summed E-state index contributed by atoms with van der Waals surface area (Å²) in [5.41, 5.74) is -1.04. The highest BCUT2D eigenvalue weighted by atomic mass is 32.2. The third-order valence-corrected chi connectivity index (χ3v) is 9.75. The molecule has 16 nitrogen and oxygen atoms in total. The molecule has 0 spiro atoms. The van der Waals surface area contributed by atoms with Gasteiger partial charge in [0, 0.05) is 57.0 Å². The first-order valence-corrected chi connectivity index (χ1v) is 17.6. The molecule has 6 aromatic rings. The molecule has 0 unspecified atom stereocenters. The fraction of sp³-hybridized carbons (Fsp3) is 0.167. The predicted octanol–water partition coefficient (Wildman–Crippen LogP) is 2.68. The summed E-state index contributed by atoms with van der Waals surface area (Å²) in [5.74, 6) is -4.27. The van der Waals surface area contributed by atoms with Crippen LogP contribution >= 0.6 is 0 Å². The Hall–Kier alpha value is -6.73. The number of nitrogens with zero attached hydrogens (tertiary/aromatic N) is 6. The molecule has 55 heavy (non-hydrogen) atoms. The van der Waals surface area contributed by atoms with Gasteiger partial charge in [-0.25, -0.2) is 46.3 Å². The van der Waals surface area contributed by atoms with Gasteiger partial charge in [0.15, 0.2) is 5.82 Å². The van der Waals surface area contributed by atoms with E-state index in [0.29, 0.717) is 40.2 Å². The number of carbonyl (C=O) groups excluding carboxylic acids is 2. The number of nitrogens with one attached hydrogen (secondary N) is 2. The fourth-order valence-electron chi connectivity index (χ4n) is 5.51. The van der Waals surface area contributed by atoms with Crippen LogP contribution in [0.15, 0.2) is 100 Å². The van der Waals surface area contributed by atoms with E-state index in [4.69, 9.17) is 9.47 Å². The van der Waals surface area contributed by atoms with Crippen molar-refractivity contribution in [3.8, 4) is 16.9 Å². The van der Waals surface area contributed by atoms with Gasteiger partial charge in [-0.15, -0.1) is 0 Å². The number of anilines is 1. The minimum atomic E-state index is -4.42. The number of sulfonamides is 1. The fourth-order valence-corrected chi connectivity index (χ4v) is 6.57. The molecule has 1 amide bonds. The number of esters is 1. The summed E-state index contributed by atoms with van der Waals surface area (Å²) in [7, 11) is -0.376. The summed E-state index contributed by atoms with van der Waals surface area (Å²) in [6.07, 6.45) is 6.92. The number of ether oxygens (including phenoxy) is 2. The molecule has 0 saturated heterocycles. The van der Waals surface area contributed by atoms with Gasteiger partial charge in [0.25, 0.3) is 21.5 Å². The first-order valence-electron chi connectivity index (χ1n) is 16.1. The molecule has 0 fully saturated rings. The van der Waals surface area contributed by atoms with Gasteiger partial charge in [0.05, 0.1) is 40.4 Å². The van der Waals surface area contributed by atoms with Crippen LogP contribution < -0.4 is 21.3 Å². The first kappa shape index (κ1) is 38.0. The molecule has 6 rings (SSSR count). The standard InChI is InChI=1S/C36H30F2N8O8S/c1-45-30-18-39-11-10-24(30)34(48)46(36(45)50)32-9-4-20(15-42-32)12-29(35(49)54-3)43-33(47)25-13-27(38)28(14-26(25)37)44-55(51,52)23-7-5-21(6-8-23)22-16-40-31(19-53-2)41-17-22/h4-11,13-18,29,44H,12,19H2,1-3H3,(H,43,47)/t29-/m0/s1. The number of halogens is 2. The Morgan fingerprint density at radius 2 is 1.62 bits per heavy atom. The van der Waals surface area contributed by atoms with Crippen LogP contribution in [0, 0.1) is 11.6 Å². The molecule has 0 radical (unpaired) electrons. The monoisotopic (exact) mass is 772 g/mol. The van der Waals surface area contributed by atoms with E-state index in [9.17, 15) is 27.6 Å². The zero-order valence-electron chi connectivity index (χ0n) is 29.2. The quantitative estimate of drug-likeness (QED) is 0.172. The van der Waals surface area contributed by atoms with E-state index in [0.717, 1.165) is 11.7 Å². The molecule has 0 aliphatic rings. The lowest BCUT2D eigenvalue weighted by Gasteiger charge is -2.18. The Bertz CT molecular complexity index is 2650. The van der Waals surface area contributed by atoms with Crippen LogP contribution in [0.2, 0.25) is 0 Å². The van der Waals surface area contributed by atoms with Crippen LogP contribution in [0.3, 0.4) is 0 Å². The number of pyridine rings is 2. The second-order valence-electron chi connectivity index (χ2n) is 11.9. The zero-order chi connectivity index (χ0) is 39.4. The van der Waals surface area contributed by atoms with Crippen LogP contribution in [0.4, 0.5) is 14.5 Å². The van der Waals surface area contributed by atoms with Crippen LogP contribution in [-0.2, 0) is 44.4 Å².